The molecule has 1 saturated carbocycles. The monoisotopic (exact) mass is 229 g/mol. The molecule has 1 aliphatic rings. The Morgan fingerprint density at radius 3 is 2.81 bits per heavy atom. The molecule has 3 nitrogen and oxygen atoms in total. The summed E-state index contributed by atoms with van der Waals surface area (Å²) >= 11 is 0. The van der Waals surface area contributed by atoms with Crippen LogP contribution >= 0.6 is 0 Å². The van der Waals surface area contributed by atoms with Gasteiger partial charge in [0.25, 0.3) is 6.43 Å². The number of nitrogens with one attached hydrogen (secondary N) is 1. The number of imidazole rings is 1. The Morgan fingerprint density at radius 2 is 2.19 bits per heavy atom. The van der Waals surface area contributed by atoms with E-state index in [2.05, 4.69) is 10.3 Å². The molecule has 0 spiro atoms. The molecule has 0 saturated heterocycles. The lowest BCUT2D eigenvalue weighted by Crippen LogP contribution is -2.15. The highest BCUT2D eigenvalue weighted by Gasteiger charge is 2.20. The van der Waals surface area contributed by atoms with E-state index in [1.54, 1.807) is 0 Å². The van der Waals surface area contributed by atoms with E-state index < -0.39 is 6.43 Å². The summed E-state index contributed by atoms with van der Waals surface area (Å²) in [6.45, 7) is 1.56. The summed E-state index contributed by atoms with van der Waals surface area (Å²) in [5.41, 5.74) is 0.878. The number of nitrogens with zero attached hydrogens (tertiary/aromatic N) is 2. The van der Waals surface area contributed by atoms with Gasteiger partial charge in [0, 0.05) is 12.2 Å². The summed E-state index contributed by atoms with van der Waals surface area (Å²) in [6, 6.07) is 0.432. The minimum Gasteiger partial charge on any atom is -0.350 e. The molecule has 90 valence electrons. The fraction of sp³-hybridized carbons (Fsp3) is 0.727. The van der Waals surface area contributed by atoms with E-state index in [0.29, 0.717) is 12.0 Å². The molecule has 0 atom stereocenters. The van der Waals surface area contributed by atoms with Crippen LogP contribution in [0, 0.1) is 6.92 Å². The zero-order chi connectivity index (χ0) is 11.5. The minimum atomic E-state index is -2.34. The highest BCUT2D eigenvalue weighted by Crippen LogP contribution is 2.32. The van der Waals surface area contributed by atoms with Gasteiger partial charge in [0.2, 0.25) is 5.95 Å². The number of aromatic nitrogens is 2. The lowest BCUT2D eigenvalue weighted by atomic mass is 10.2. The van der Waals surface area contributed by atoms with Gasteiger partial charge < -0.3 is 9.88 Å². The smallest absolute Gasteiger partial charge is 0.255 e. The summed E-state index contributed by atoms with van der Waals surface area (Å²) in [5, 5.41) is 2.71. The molecule has 0 aromatic carbocycles. The van der Waals surface area contributed by atoms with Gasteiger partial charge in [0.1, 0.15) is 0 Å². The molecule has 0 bridgehead atoms. The van der Waals surface area contributed by atoms with Crippen molar-refractivity contribution >= 4 is 5.95 Å². The SMILES string of the molecule is Cc1cn(C2CCCC2)c(NCC(F)F)n1. The summed E-state index contributed by atoms with van der Waals surface area (Å²) in [5.74, 6) is 0.588. The topological polar surface area (TPSA) is 29.9 Å². The molecule has 1 N–H and O–H groups in total. The van der Waals surface area contributed by atoms with Crippen LogP contribution < -0.4 is 5.32 Å². The number of hydrogen-bond acceptors (Lipinski definition) is 2. The van der Waals surface area contributed by atoms with Crippen LogP contribution in [0.5, 0.6) is 0 Å². The first-order valence-corrected chi connectivity index (χ1v) is 5.74. The number of aryl methyl sites for hydroxylation is 1. The predicted octanol–water partition coefficient (Wildman–Crippen LogP) is 2.98. The Kier molecular flexibility index (Phi) is 3.41. The van der Waals surface area contributed by atoms with Crippen LogP contribution in [0.2, 0.25) is 0 Å². The van der Waals surface area contributed by atoms with E-state index in [9.17, 15) is 8.78 Å². The third-order valence-corrected chi connectivity index (χ3v) is 2.99. The maximum atomic E-state index is 12.1. The van der Waals surface area contributed by atoms with Crippen LogP contribution in [0.3, 0.4) is 0 Å². The van der Waals surface area contributed by atoms with Gasteiger partial charge >= 0.3 is 0 Å². The lowest BCUT2D eigenvalue weighted by Gasteiger charge is -2.15. The predicted molar refractivity (Wildman–Crippen MR) is 59.0 cm³/mol. The Labute approximate surface area is 93.9 Å². The molecule has 1 heterocycles. The molecule has 2 rings (SSSR count). The van der Waals surface area contributed by atoms with Crippen molar-refractivity contribution in [3.05, 3.63) is 11.9 Å². The molecule has 1 fully saturated rings. The molecular weight excluding hydrogens is 212 g/mol. The number of rotatable bonds is 4. The van der Waals surface area contributed by atoms with Crippen LogP contribution in [0.25, 0.3) is 0 Å². The van der Waals surface area contributed by atoms with Gasteiger partial charge in [-0.1, -0.05) is 12.8 Å². The summed E-state index contributed by atoms with van der Waals surface area (Å²) < 4.78 is 26.3. The van der Waals surface area contributed by atoms with Gasteiger partial charge in [-0.3, -0.25) is 0 Å². The lowest BCUT2D eigenvalue weighted by molar-refractivity contribution is 0.163. The van der Waals surface area contributed by atoms with Gasteiger partial charge in [0.05, 0.1) is 12.2 Å². The molecule has 0 aliphatic heterocycles. The molecule has 5 heteroatoms. The zero-order valence-corrected chi connectivity index (χ0v) is 9.42. The van der Waals surface area contributed by atoms with Crippen LogP contribution in [-0.2, 0) is 0 Å². The van der Waals surface area contributed by atoms with E-state index in [1.165, 1.54) is 12.8 Å². The van der Waals surface area contributed by atoms with Crippen molar-refractivity contribution in [2.75, 3.05) is 11.9 Å². The highest BCUT2D eigenvalue weighted by atomic mass is 19.3. The summed E-state index contributed by atoms with van der Waals surface area (Å²) in [6.07, 6.45) is 4.29. The molecule has 0 radical (unpaired) electrons. The number of hydrogen-bond donors (Lipinski definition) is 1. The summed E-state index contributed by atoms with van der Waals surface area (Å²) in [7, 11) is 0. The number of alkyl halides is 2. The second-order valence-electron chi connectivity index (χ2n) is 4.32. The van der Waals surface area contributed by atoms with Crippen molar-refractivity contribution in [3.63, 3.8) is 0 Å². The fourth-order valence-corrected chi connectivity index (χ4v) is 2.28. The number of anilines is 1. The fourth-order valence-electron chi connectivity index (χ4n) is 2.28. The van der Waals surface area contributed by atoms with Crippen LogP contribution in [-0.4, -0.2) is 22.5 Å². The Morgan fingerprint density at radius 1 is 1.50 bits per heavy atom. The quantitative estimate of drug-likeness (QED) is 0.860. The maximum absolute atomic E-state index is 12.1. The van der Waals surface area contributed by atoms with Crippen molar-refractivity contribution in [1.82, 2.24) is 9.55 Å². The van der Waals surface area contributed by atoms with Crippen molar-refractivity contribution in [3.8, 4) is 0 Å². The van der Waals surface area contributed by atoms with E-state index >= 15 is 0 Å². The minimum absolute atomic E-state index is 0.330. The van der Waals surface area contributed by atoms with Gasteiger partial charge in [0.15, 0.2) is 0 Å². The molecule has 1 aliphatic carbocycles. The second kappa shape index (κ2) is 4.80. The van der Waals surface area contributed by atoms with E-state index in [1.807, 2.05) is 17.7 Å². The van der Waals surface area contributed by atoms with E-state index in [4.69, 9.17) is 0 Å². The van der Waals surface area contributed by atoms with Crippen molar-refractivity contribution in [2.45, 2.75) is 45.1 Å². The van der Waals surface area contributed by atoms with Crippen molar-refractivity contribution in [1.29, 1.82) is 0 Å². The average molecular weight is 229 g/mol. The van der Waals surface area contributed by atoms with Crippen LogP contribution in [0.4, 0.5) is 14.7 Å². The van der Waals surface area contributed by atoms with Gasteiger partial charge in [-0.25, -0.2) is 13.8 Å². The second-order valence-corrected chi connectivity index (χ2v) is 4.32. The first-order valence-electron chi connectivity index (χ1n) is 5.74. The number of halogens is 2. The third-order valence-electron chi connectivity index (χ3n) is 2.99. The van der Waals surface area contributed by atoms with Crippen molar-refractivity contribution in [2.24, 2.45) is 0 Å². The molecular formula is C11H17F2N3. The van der Waals surface area contributed by atoms with Gasteiger partial charge in [-0.2, -0.15) is 0 Å². The molecule has 0 unspecified atom stereocenters. The Bertz CT molecular complexity index is 343. The molecule has 0 amide bonds. The summed E-state index contributed by atoms with van der Waals surface area (Å²) in [4.78, 5) is 4.25. The first kappa shape index (κ1) is 11.4. The largest absolute Gasteiger partial charge is 0.350 e. The normalized spacial score (nSPS) is 17.2. The maximum Gasteiger partial charge on any atom is 0.255 e. The van der Waals surface area contributed by atoms with Crippen molar-refractivity contribution < 1.29 is 8.78 Å². The third kappa shape index (κ3) is 2.51. The van der Waals surface area contributed by atoms with Gasteiger partial charge in [-0.15, -0.1) is 0 Å². The van der Waals surface area contributed by atoms with Crippen LogP contribution in [0.1, 0.15) is 37.4 Å². The van der Waals surface area contributed by atoms with Gasteiger partial charge in [-0.05, 0) is 19.8 Å². The Hall–Kier alpha value is -1.13. The standard InChI is InChI=1S/C11H17F2N3/c1-8-7-16(9-4-2-3-5-9)11(15-8)14-6-10(12)13/h7,9-10H,2-6H2,1H3,(H,14,15). The Balaban J connectivity index is 2.09. The zero-order valence-electron chi connectivity index (χ0n) is 9.42. The molecule has 1 aromatic heterocycles. The van der Waals surface area contributed by atoms with E-state index in [-0.39, 0.29) is 6.54 Å². The van der Waals surface area contributed by atoms with Crippen LogP contribution in [0.15, 0.2) is 6.20 Å². The van der Waals surface area contributed by atoms with E-state index in [0.717, 1.165) is 18.5 Å². The first-order chi connectivity index (χ1) is 7.66. The average Bonchev–Trinajstić information content (AvgIpc) is 2.82. The highest BCUT2D eigenvalue weighted by molar-refractivity contribution is 5.29. The molecule has 16 heavy (non-hydrogen) atoms. The molecule has 1 aromatic rings.